The van der Waals surface area contributed by atoms with Gasteiger partial charge in [0.25, 0.3) is 0 Å². The smallest absolute Gasteiger partial charge is 0.326 e. The molecule has 1 saturated heterocycles. The number of carbonyl (C=O) groups excluding carboxylic acids is 1. The molecule has 0 aromatic carbocycles. The minimum Gasteiger partial charge on any atom is -0.480 e. The second-order valence-electron chi connectivity index (χ2n) is 6.44. The first kappa shape index (κ1) is 16.8. The molecule has 0 saturated carbocycles. The number of nitrogens with zero attached hydrogens (tertiary/aromatic N) is 1. The van der Waals surface area contributed by atoms with Gasteiger partial charge in [0.05, 0.1) is 0 Å². The topological polar surface area (TPSA) is 89.9 Å². The van der Waals surface area contributed by atoms with E-state index in [4.69, 9.17) is 5.11 Å². The molecule has 20 heavy (non-hydrogen) atoms. The van der Waals surface area contributed by atoms with Crippen molar-refractivity contribution in [3.63, 3.8) is 0 Å². The minimum atomic E-state index is -1.03. The number of amides is 2. The zero-order valence-electron chi connectivity index (χ0n) is 12.6. The lowest BCUT2D eigenvalue weighted by molar-refractivity contribution is -0.142. The molecular weight excluding hydrogens is 260 g/mol. The summed E-state index contributed by atoms with van der Waals surface area (Å²) in [5.41, 5.74) is -0.552. The van der Waals surface area contributed by atoms with Gasteiger partial charge in [0.2, 0.25) is 0 Å². The fourth-order valence-electron chi connectivity index (χ4n) is 2.57. The van der Waals surface area contributed by atoms with Crippen molar-refractivity contribution < 1.29 is 19.8 Å². The largest absolute Gasteiger partial charge is 0.480 e. The summed E-state index contributed by atoms with van der Waals surface area (Å²) in [5.74, 6) is -1.03. The Balaban J connectivity index is 2.74. The second-order valence-corrected chi connectivity index (χ2v) is 6.44. The Labute approximate surface area is 120 Å². The Morgan fingerprint density at radius 3 is 2.50 bits per heavy atom. The molecule has 2 unspecified atom stereocenters. The molecule has 3 N–H and O–H groups in total. The molecule has 0 aromatic heterocycles. The molecule has 0 spiro atoms. The van der Waals surface area contributed by atoms with Crippen molar-refractivity contribution in [3.8, 4) is 0 Å². The highest BCUT2D eigenvalue weighted by molar-refractivity contribution is 5.83. The van der Waals surface area contributed by atoms with Gasteiger partial charge in [0.1, 0.15) is 6.04 Å². The van der Waals surface area contributed by atoms with E-state index in [0.29, 0.717) is 13.0 Å². The van der Waals surface area contributed by atoms with Crippen LogP contribution in [-0.2, 0) is 4.79 Å². The molecule has 2 atom stereocenters. The van der Waals surface area contributed by atoms with Crippen molar-refractivity contribution >= 4 is 12.0 Å². The molecule has 0 radical (unpaired) electrons. The Morgan fingerprint density at radius 2 is 2.00 bits per heavy atom. The zero-order chi connectivity index (χ0) is 15.3. The van der Waals surface area contributed by atoms with Gasteiger partial charge in [-0.1, -0.05) is 20.8 Å². The molecule has 2 amide bonds. The molecule has 1 rings (SSSR count). The molecule has 1 fully saturated rings. The third-order valence-electron chi connectivity index (χ3n) is 3.73. The Bertz CT molecular complexity index is 350. The van der Waals surface area contributed by atoms with E-state index < -0.39 is 17.4 Å². The van der Waals surface area contributed by atoms with E-state index in [1.165, 1.54) is 0 Å². The van der Waals surface area contributed by atoms with E-state index in [1.54, 1.807) is 25.7 Å². The molecule has 6 heteroatoms. The highest BCUT2D eigenvalue weighted by atomic mass is 16.4. The lowest BCUT2D eigenvalue weighted by atomic mass is 9.87. The van der Waals surface area contributed by atoms with Crippen LogP contribution in [0.15, 0.2) is 0 Å². The van der Waals surface area contributed by atoms with Gasteiger partial charge in [0, 0.05) is 19.2 Å². The lowest BCUT2D eigenvalue weighted by Gasteiger charge is -2.37. The molecular formula is C14H26N2O4. The summed E-state index contributed by atoms with van der Waals surface area (Å²) in [7, 11) is 0. The number of urea groups is 1. The third-order valence-corrected chi connectivity index (χ3v) is 3.73. The van der Waals surface area contributed by atoms with Crippen molar-refractivity contribution in [2.24, 2.45) is 5.41 Å². The quantitative estimate of drug-likeness (QED) is 0.729. The number of hydrogen-bond acceptors (Lipinski definition) is 3. The standard InChI is InChI=1S/C14H26N2O4/c1-14(2,3)11(12(18)19)15-13(20)16-8-5-4-6-10(16)7-9-17/h10-11,17H,4-9H2,1-3H3,(H,15,20)(H,18,19). The van der Waals surface area contributed by atoms with E-state index in [0.717, 1.165) is 19.3 Å². The van der Waals surface area contributed by atoms with E-state index in [9.17, 15) is 14.7 Å². The fourth-order valence-corrected chi connectivity index (χ4v) is 2.57. The maximum Gasteiger partial charge on any atom is 0.326 e. The molecule has 1 aliphatic rings. The number of piperidine rings is 1. The number of carbonyl (C=O) groups is 2. The third kappa shape index (κ3) is 4.37. The average Bonchev–Trinajstić information content (AvgIpc) is 2.35. The van der Waals surface area contributed by atoms with Crippen LogP contribution in [0, 0.1) is 5.41 Å². The van der Waals surface area contributed by atoms with Gasteiger partial charge < -0.3 is 20.4 Å². The summed E-state index contributed by atoms with van der Waals surface area (Å²) in [5, 5.41) is 20.9. The highest BCUT2D eigenvalue weighted by Crippen LogP contribution is 2.22. The van der Waals surface area contributed by atoms with E-state index in [2.05, 4.69) is 5.32 Å². The minimum absolute atomic E-state index is 0.00293. The number of nitrogens with one attached hydrogen (secondary N) is 1. The number of rotatable bonds is 4. The number of likely N-dealkylation sites (tertiary alicyclic amines) is 1. The van der Waals surface area contributed by atoms with Crippen molar-refractivity contribution in [1.29, 1.82) is 0 Å². The second kappa shape index (κ2) is 6.92. The van der Waals surface area contributed by atoms with Crippen LogP contribution in [0.4, 0.5) is 4.79 Å². The van der Waals surface area contributed by atoms with Crippen LogP contribution in [0.5, 0.6) is 0 Å². The number of carboxylic acids is 1. The predicted octanol–water partition coefficient (Wildman–Crippen LogP) is 1.43. The zero-order valence-corrected chi connectivity index (χ0v) is 12.6. The Morgan fingerprint density at radius 1 is 1.35 bits per heavy atom. The van der Waals surface area contributed by atoms with E-state index in [1.807, 2.05) is 0 Å². The van der Waals surface area contributed by atoms with E-state index >= 15 is 0 Å². The number of aliphatic carboxylic acids is 1. The maximum atomic E-state index is 12.3. The molecule has 6 nitrogen and oxygen atoms in total. The van der Waals surface area contributed by atoms with Gasteiger partial charge in [0.15, 0.2) is 0 Å². The summed E-state index contributed by atoms with van der Waals surface area (Å²) in [4.78, 5) is 25.3. The van der Waals surface area contributed by atoms with Gasteiger partial charge in [-0.2, -0.15) is 0 Å². The van der Waals surface area contributed by atoms with Crippen LogP contribution in [0.2, 0.25) is 0 Å². The predicted molar refractivity (Wildman–Crippen MR) is 75.5 cm³/mol. The van der Waals surface area contributed by atoms with E-state index in [-0.39, 0.29) is 18.7 Å². The highest BCUT2D eigenvalue weighted by Gasteiger charge is 2.35. The van der Waals surface area contributed by atoms with Crippen molar-refractivity contribution in [1.82, 2.24) is 10.2 Å². The monoisotopic (exact) mass is 286 g/mol. The lowest BCUT2D eigenvalue weighted by Crippen LogP contribution is -2.56. The van der Waals surface area contributed by atoms with Crippen molar-refractivity contribution in [2.45, 2.75) is 58.5 Å². The normalized spacial score (nSPS) is 21.4. The van der Waals surface area contributed by atoms with Crippen molar-refractivity contribution in [3.05, 3.63) is 0 Å². The van der Waals surface area contributed by atoms with Gasteiger partial charge >= 0.3 is 12.0 Å². The van der Waals surface area contributed by atoms with Gasteiger partial charge in [-0.3, -0.25) is 0 Å². The summed E-state index contributed by atoms with van der Waals surface area (Å²) in [6.45, 7) is 6.01. The fraction of sp³-hybridized carbons (Fsp3) is 0.857. The summed E-state index contributed by atoms with van der Waals surface area (Å²) < 4.78 is 0. The first-order valence-electron chi connectivity index (χ1n) is 7.18. The van der Waals surface area contributed by atoms with Crippen LogP contribution in [-0.4, -0.2) is 52.3 Å². The molecule has 1 heterocycles. The van der Waals surface area contributed by atoms with Crippen molar-refractivity contribution in [2.75, 3.05) is 13.2 Å². The Kier molecular flexibility index (Phi) is 5.80. The van der Waals surface area contributed by atoms with Gasteiger partial charge in [-0.15, -0.1) is 0 Å². The average molecular weight is 286 g/mol. The SMILES string of the molecule is CC(C)(C)C(NC(=O)N1CCCCC1CCO)C(=O)O. The first-order chi connectivity index (χ1) is 9.27. The van der Waals surface area contributed by atoms with Crippen LogP contribution in [0.25, 0.3) is 0 Å². The molecule has 116 valence electrons. The molecule has 0 bridgehead atoms. The van der Waals surface area contributed by atoms with Crippen LogP contribution in [0.3, 0.4) is 0 Å². The summed E-state index contributed by atoms with van der Waals surface area (Å²) in [6.07, 6.45) is 3.36. The first-order valence-corrected chi connectivity index (χ1v) is 7.18. The van der Waals surface area contributed by atoms with Gasteiger partial charge in [-0.05, 0) is 31.1 Å². The molecule has 0 aliphatic carbocycles. The van der Waals surface area contributed by atoms with Crippen LogP contribution >= 0.6 is 0 Å². The number of aliphatic hydroxyl groups excluding tert-OH is 1. The summed E-state index contributed by atoms with van der Waals surface area (Å²) in [6, 6.07) is -1.26. The number of aliphatic hydroxyl groups is 1. The van der Waals surface area contributed by atoms with Crippen LogP contribution in [0.1, 0.15) is 46.5 Å². The Hall–Kier alpha value is -1.30. The molecule has 1 aliphatic heterocycles. The van der Waals surface area contributed by atoms with Crippen LogP contribution < -0.4 is 5.32 Å². The number of hydrogen-bond donors (Lipinski definition) is 3. The maximum absolute atomic E-state index is 12.3. The number of carboxylic acid groups (broad SMARTS) is 1. The van der Waals surface area contributed by atoms with Gasteiger partial charge in [-0.25, -0.2) is 9.59 Å². The molecule has 0 aromatic rings. The summed E-state index contributed by atoms with van der Waals surface area (Å²) >= 11 is 0.